The van der Waals surface area contributed by atoms with Crippen LogP contribution < -0.4 is 10.6 Å². The van der Waals surface area contributed by atoms with Crippen LogP contribution in [0.25, 0.3) is 0 Å². The first-order valence-electron chi connectivity index (χ1n) is 6.47. The maximum atomic E-state index is 11.8. The fraction of sp³-hybridized carbons (Fsp3) is 0.429. The molecular weight excluding hydrogens is 278 g/mol. The van der Waals surface area contributed by atoms with E-state index in [0.29, 0.717) is 6.04 Å². The minimum Gasteiger partial charge on any atom is -0.376 e. The monoisotopic (exact) mass is 297 g/mol. The number of para-hydroxylation sites is 1. The predicted molar refractivity (Wildman–Crippen MR) is 81.0 cm³/mol. The second-order valence-electron chi connectivity index (χ2n) is 4.81. The molecule has 0 aliphatic heterocycles. The zero-order chi connectivity index (χ0) is 13.7. The standard InChI is InChI=1S/C14H19N3O2.ClH/c1-17(10-13(18)16-12-7-8-12)14(19)9-15-11-5-3-2-4-6-11;/h2-6,12,15H,7-10H2,1H3,(H,16,18);1H. The summed E-state index contributed by atoms with van der Waals surface area (Å²) in [6.07, 6.45) is 2.11. The van der Waals surface area contributed by atoms with Crippen molar-refractivity contribution in [3.8, 4) is 0 Å². The zero-order valence-corrected chi connectivity index (χ0v) is 12.3. The molecule has 2 rings (SSSR count). The average Bonchev–Trinajstić information content (AvgIpc) is 3.20. The van der Waals surface area contributed by atoms with Gasteiger partial charge in [-0.25, -0.2) is 0 Å². The fourth-order valence-corrected chi connectivity index (χ4v) is 1.67. The van der Waals surface area contributed by atoms with Crippen LogP contribution in [0.4, 0.5) is 5.69 Å². The highest BCUT2D eigenvalue weighted by molar-refractivity contribution is 5.86. The zero-order valence-electron chi connectivity index (χ0n) is 11.5. The molecule has 1 aliphatic carbocycles. The number of likely N-dealkylation sites (N-methyl/N-ethyl adjacent to an activating group) is 1. The van der Waals surface area contributed by atoms with Gasteiger partial charge in [0, 0.05) is 18.8 Å². The number of carbonyl (C=O) groups excluding carboxylic acids is 2. The Morgan fingerprint density at radius 3 is 2.50 bits per heavy atom. The summed E-state index contributed by atoms with van der Waals surface area (Å²) in [5, 5.41) is 5.89. The van der Waals surface area contributed by atoms with Crippen molar-refractivity contribution >= 4 is 29.9 Å². The Kier molecular flexibility index (Phi) is 6.31. The summed E-state index contributed by atoms with van der Waals surface area (Å²) in [5.41, 5.74) is 0.895. The summed E-state index contributed by atoms with van der Waals surface area (Å²) in [7, 11) is 1.64. The van der Waals surface area contributed by atoms with Crippen molar-refractivity contribution in [3.63, 3.8) is 0 Å². The van der Waals surface area contributed by atoms with E-state index in [1.165, 1.54) is 4.90 Å². The van der Waals surface area contributed by atoms with Gasteiger partial charge in [0.1, 0.15) is 0 Å². The van der Waals surface area contributed by atoms with Crippen molar-refractivity contribution in [1.29, 1.82) is 0 Å². The Hall–Kier alpha value is -1.75. The smallest absolute Gasteiger partial charge is 0.242 e. The van der Waals surface area contributed by atoms with E-state index in [9.17, 15) is 9.59 Å². The van der Waals surface area contributed by atoms with E-state index in [2.05, 4.69) is 10.6 Å². The molecule has 1 fully saturated rings. The number of hydrogen-bond donors (Lipinski definition) is 2. The van der Waals surface area contributed by atoms with Crippen molar-refractivity contribution in [3.05, 3.63) is 30.3 Å². The first kappa shape index (κ1) is 16.3. The molecule has 0 bridgehead atoms. The van der Waals surface area contributed by atoms with E-state index >= 15 is 0 Å². The molecule has 0 aromatic heterocycles. The third-order valence-electron chi connectivity index (χ3n) is 2.97. The Balaban J connectivity index is 0.00000200. The minimum atomic E-state index is -0.102. The van der Waals surface area contributed by atoms with Gasteiger partial charge in [0.15, 0.2) is 0 Å². The van der Waals surface area contributed by atoms with Crippen molar-refractivity contribution in [2.24, 2.45) is 0 Å². The molecule has 110 valence electrons. The van der Waals surface area contributed by atoms with Gasteiger partial charge in [-0.2, -0.15) is 0 Å². The normalized spacial score (nSPS) is 13.1. The van der Waals surface area contributed by atoms with Crippen LogP contribution in [0.3, 0.4) is 0 Å². The van der Waals surface area contributed by atoms with Crippen LogP contribution >= 0.6 is 12.4 Å². The largest absolute Gasteiger partial charge is 0.376 e. The Labute approximate surface area is 125 Å². The van der Waals surface area contributed by atoms with Gasteiger partial charge in [0.25, 0.3) is 0 Å². The summed E-state index contributed by atoms with van der Waals surface area (Å²) < 4.78 is 0. The van der Waals surface area contributed by atoms with Crippen LogP contribution in [-0.2, 0) is 9.59 Å². The third kappa shape index (κ3) is 5.48. The summed E-state index contributed by atoms with van der Waals surface area (Å²) >= 11 is 0. The molecule has 6 heteroatoms. The quantitative estimate of drug-likeness (QED) is 0.831. The Morgan fingerprint density at radius 2 is 1.90 bits per heavy atom. The number of rotatable bonds is 6. The molecule has 5 nitrogen and oxygen atoms in total. The molecule has 0 spiro atoms. The summed E-state index contributed by atoms with van der Waals surface area (Å²) in [4.78, 5) is 24.8. The predicted octanol–water partition coefficient (Wildman–Crippen LogP) is 1.26. The molecular formula is C14H20ClN3O2. The second-order valence-corrected chi connectivity index (χ2v) is 4.81. The molecule has 1 aromatic carbocycles. The fourth-order valence-electron chi connectivity index (χ4n) is 1.67. The lowest BCUT2D eigenvalue weighted by Gasteiger charge is -2.17. The highest BCUT2D eigenvalue weighted by atomic mass is 35.5. The number of nitrogens with zero attached hydrogens (tertiary/aromatic N) is 1. The number of benzene rings is 1. The number of amides is 2. The van der Waals surface area contributed by atoms with Gasteiger partial charge in [-0.3, -0.25) is 9.59 Å². The number of nitrogens with one attached hydrogen (secondary N) is 2. The van der Waals surface area contributed by atoms with Gasteiger partial charge >= 0.3 is 0 Å². The van der Waals surface area contributed by atoms with E-state index in [-0.39, 0.29) is 37.3 Å². The maximum absolute atomic E-state index is 11.8. The van der Waals surface area contributed by atoms with E-state index in [0.717, 1.165) is 18.5 Å². The van der Waals surface area contributed by atoms with E-state index in [4.69, 9.17) is 0 Å². The summed E-state index contributed by atoms with van der Waals surface area (Å²) in [6, 6.07) is 9.85. The minimum absolute atomic E-state index is 0. The first-order valence-corrected chi connectivity index (χ1v) is 6.47. The number of hydrogen-bond acceptors (Lipinski definition) is 3. The van der Waals surface area contributed by atoms with E-state index < -0.39 is 0 Å². The average molecular weight is 298 g/mol. The highest BCUT2D eigenvalue weighted by Gasteiger charge is 2.24. The third-order valence-corrected chi connectivity index (χ3v) is 2.97. The molecule has 0 atom stereocenters. The molecule has 20 heavy (non-hydrogen) atoms. The lowest BCUT2D eigenvalue weighted by molar-refractivity contribution is -0.133. The molecule has 2 N–H and O–H groups in total. The Morgan fingerprint density at radius 1 is 1.25 bits per heavy atom. The molecule has 1 saturated carbocycles. The van der Waals surface area contributed by atoms with Crippen molar-refractivity contribution in [1.82, 2.24) is 10.2 Å². The molecule has 0 unspecified atom stereocenters. The van der Waals surface area contributed by atoms with Gasteiger partial charge < -0.3 is 15.5 Å². The maximum Gasteiger partial charge on any atom is 0.242 e. The first-order chi connectivity index (χ1) is 9.15. The van der Waals surface area contributed by atoms with E-state index in [1.54, 1.807) is 7.05 Å². The van der Waals surface area contributed by atoms with Crippen LogP contribution in [0, 0.1) is 0 Å². The highest BCUT2D eigenvalue weighted by Crippen LogP contribution is 2.18. The molecule has 0 radical (unpaired) electrons. The van der Waals surface area contributed by atoms with Gasteiger partial charge in [-0.1, -0.05) is 18.2 Å². The van der Waals surface area contributed by atoms with Crippen LogP contribution in [0.15, 0.2) is 30.3 Å². The van der Waals surface area contributed by atoms with Gasteiger partial charge in [0.2, 0.25) is 11.8 Å². The molecule has 2 amide bonds. The molecule has 0 saturated heterocycles. The lowest BCUT2D eigenvalue weighted by atomic mass is 10.3. The number of anilines is 1. The molecule has 1 aliphatic rings. The van der Waals surface area contributed by atoms with Crippen LogP contribution in [0.5, 0.6) is 0 Å². The van der Waals surface area contributed by atoms with Crippen LogP contribution in [-0.4, -0.2) is 42.9 Å². The van der Waals surface area contributed by atoms with Gasteiger partial charge in [0.05, 0.1) is 13.1 Å². The van der Waals surface area contributed by atoms with Gasteiger partial charge in [-0.05, 0) is 25.0 Å². The topological polar surface area (TPSA) is 61.4 Å². The van der Waals surface area contributed by atoms with Crippen LogP contribution in [0.1, 0.15) is 12.8 Å². The van der Waals surface area contributed by atoms with Crippen molar-refractivity contribution in [2.75, 3.05) is 25.5 Å². The summed E-state index contributed by atoms with van der Waals surface area (Å²) in [6.45, 7) is 0.309. The summed E-state index contributed by atoms with van der Waals surface area (Å²) in [5.74, 6) is -0.187. The van der Waals surface area contributed by atoms with Gasteiger partial charge in [-0.15, -0.1) is 12.4 Å². The number of carbonyl (C=O) groups is 2. The van der Waals surface area contributed by atoms with Crippen molar-refractivity contribution in [2.45, 2.75) is 18.9 Å². The van der Waals surface area contributed by atoms with Crippen LogP contribution in [0.2, 0.25) is 0 Å². The van der Waals surface area contributed by atoms with Crippen molar-refractivity contribution < 1.29 is 9.59 Å². The number of halogens is 1. The molecule has 0 heterocycles. The second kappa shape index (κ2) is 7.75. The Bertz CT molecular complexity index is 449. The lowest BCUT2D eigenvalue weighted by Crippen LogP contribution is -2.41. The van der Waals surface area contributed by atoms with E-state index in [1.807, 2.05) is 30.3 Å². The SMILES string of the molecule is CN(CC(=O)NC1CC1)C(=O)CNc1ccccc1.Cl. The molecule has 1 aromatic rings.